The predicted octanol–water partition coefficient (Wildman–Crippen LogP) is 10.8. The van der Waals surface area contributed by atoms with E-state index in [-0.39, 0.29) is 0 Å². The van der Waals surface area contributed by atoms with Gasteiger partial charge in [0.2, 0.25) is 0 Å². The number of azo groups is 1. The van der Waals surface area contributed by atoms with Crippen LogP contribution in [0.4, 0.5) is 11.4 Å². The Hall–Kier alpha value is -2.69. The van der Waals surface area contributed by atoms with Gasteiger partial charge in [0.1, 0.15) is 5.75 Å². The number of nitrogens with zero attached hydrogens (tertiary/aromatic N) is 2. The third-order valence-corrected chi connectivity index (χ3v) is 6.93. The van der Waals surface area contributed by atoms with Gasteiger partial charge < -0.3 is 9.84 Å². The number of ether oxygens (including phenoxy) is 1. The van der Waals surface area contributed by atoms with E-state index in [2.05, 4.69) is 41.4 Å². The molecule has 2 aromatic carbocycles. The summed E-state index contributed by atoms with van der Waals surface area (Å²) in [5.41, 5.74) is 3.08. The number of carbonyl (C=O) groups is 1. The summed E-state index contributed by atoms with van der Waals surface area (Å²) >= 11 is 0. The molecule has 0 aliphatic rings. The van der Waals surface area contributed by atoms with Gasteiger partial charge in [-0.1, -0.05) is 103 Å². The molecule has 0 spiro atoms. The van der Waals surface area contributed by atoms with Gasteiger partial charge in [-0.05, 0) is 67.6 Å². The first-order valence-corrected chi connectivity index (χ1v) is 15.1. The Morgan fingerprint density at radius 3 is 1.66 bits per heavy atom. The zero-order valence-electron chi connectivity index (χ0n) is 23.7. The van der Waals surface area contributed by atoms with Crippen LogP contribution >= 0.6 is 0 Å². The van der Waals surface area contributed by atoms with E-state index in [0.29, 0.717) is 6.42 Å². The lowest BCUT2D eigenvalue weighted by Gasteiger charge is -2.06. The van der Waals surface area contributed by atoms with Crippen LogP contribution in [0, 0.1) is 0 Å². The summed E-state index contributed by atoms with van der Waals surface area (Å²) in [5, 5.41) is 17.4. The van der Waals surface area contributed by atoms with Crippen LogP contribution in [0.3, 0.4) is 0 Å². The summed E-state index contributed by atoms with van der Waals surface area (Å²) in [7, 11) is 0. The van der Waals surface area contributed by atoms with Gasteiger partial charge >= 0.3 is 5.97 Å². The molecule has 0 fully saturated rings. The van der Waals surface area contributed by atoms with Crippen molar-refractivity contribution in [1.29, 1.82) is 0 Å². The first kappa shape index (κ1) is 31.5. The normalized spacial score (nSPS) is 11.3. The predicted molar refractivity (Wildman–Crippen MR) is 158 cm³/mol. The second kappa shape index (κ2) is 21.3. The highest BCUT2D eigenvalue weighted by molar-refractivity contribution is 5.66. The molecule has 0 saturated heterocycles. The first-order chi connectivity index (χ1) is 18.7. The standard InChI is InChI=1S/C33H50N2O3/c1-2-3-4-5-6-9-12-15-18-29-20-22-30(23-21-29)34-35-31-24-26-32(27-25-31)38-28-17-14-11-8-7-10-13-16-19-33(36)37/h20-27H,2-19,28H2,1H3,(H,36,37). The van der Waals surface area contributed by atoms with Gasteiger partial charge in [-0.15, -0.1) is 0 Å². The fourth-order valence-electron chi connectivity index (χ4n) is 4.55. The number of aryl methyl sites for hydroxylation is 1. The largest absolute Gasteiger partial charge is 0.494 e. The molecule has 0 amide bonds. The third kappa shape index (κ3) is 16.2. The summed E-state index contributed by atoms with van der Waals surface area (Å²) in [6, 6.07) is 16.3. The van der Waals surface area contributed by atoms with Crippen LogP contribution in [0.1, 0.15) is 122 Å². The zero-order chi connectivity index (χ0) is 27.1. The number of carboxylic acid groups (broad SMARTS) is 1. The van der Waals surface area contributed by atoms with E-state index in [4.69, 9.17) is 9.84 Å². The number of hydrogen-bond acceptors (Lipinski definition) is 4. The van der Waals surface area contributed by atoms with Crippen molar-refractivity contribution >= 4 is 17.3 Å². The number of carboxylic acids is 1. The average molecular weight is 523 g/mol. The molecule has 2 aromatic rings. The fourth-order valence-corrected chi connectivity index (χ4v) is 4.55. The molecule has 210 valence electrons. The fraction of sp³-hybridized carbons (Fsp3) is 0.606. The van der Waals surface area contributed by atoms with Crippen molar-refractivity contribution in [2.24, 2.45) is 10.2 Å². The van der Waals surface area contributed by atoms with Gasteiger partial charge in [0.15, 0.2) is 0 Å². The van der Waals surface area contributed by atoms with Crippen molar-refractivity contribution in [1.82, 2.24) is 0 Å². The summed E-state index contributed by atoms with van der Waals surface area (Å²) in [5.74, 6) is 0.182. The molecule has 5 nitrogen and oxygen atoms in total. The number of benzene rings is 2. The van der Waals surface area contributed by atoms with Gasteiger partial charge in [-0.25, -0.2) is 0 Å². The van der Waals surface area contributed by atoms with Crippen LogP contribution < -0.4 is 4.74 Å². The van der Waals surface area contributed by atoms with Crippen molar-refractivity contribution in [3.8, 4) is 5.75 Å². The Balaban J connectivity index is 1.53. The molecule has 2 rings (SSSR count). The van der Waals surface area contributed by atoms with E-state index in [1.165, 1.54) is 82.6 Å². The minimum absolute atomic E-state index is 0.300. The van der Waals surface area contributed by atoms with Gasteiger partial charge in [-0.3, -0.25) is 4.79 Å². The highest BCUT2D eigenvalue weighted by Crippen LogP contribution is 2.22. The van der Waals surface area contributed by atoms with Crippen molar-refractivity contribution in [3.05, 3.63) is 54.1 Å². The van der Waals surface area contributed by atoms with Crippen molar-refractivity contribution in [2.75, 3.05) is 6.61 Å². The summed E-state index contributed by atoms with van der Waals surface area (Å²) in [6.07, 6.45) is 21.1. The number of unbranched alkanes of at least 4 members (excludes halogenated alkanes) is 14. The van der Waals surface area contributed by atoms with Gasteiger partial charge in [0.05, 0.1) is 18.0 Å². The maximum absolute atomic E-state index is 10.5. The number of hydrogen-bond donors (Lipinski definition) is 1. The third-order valence-electron chi connectivity index (χ3n) is 6.93. The van der Waals surface area contributed by atoms with E-state index in [9.17, 15) is 4.79 Å². The average Bonchev–Trinajstić information content (AvgIpc) is 2.93. The van der Waals surface area contributed by atoms with Gasteiger partial charge in [0.25, 0.3) is 0 Å². The monoisotopic (exact) mass is 522 g/mol. The molecule has 0 unspecified atom stereocenters. The molecule has 38 heavy (non-hydrogen) atoms. The van der Waals surface area contributed by atoms with Crippen LogP contribution in [0.5, 0.6) is 5.75 Å². The molecular weight excluding hydrogens is 472 g/mol. The highest BCUT2D eigenvalue weighted by atomic mass is 16.5. The van der Waals surface area contributed by atoms with E-state index < -0.39 is 5.97 Å². The molecule has 0 aliphatic heterocycles. The van der Waals surface area contributed by atoms with Crippen LogP contribution in [-0.4, -0.2) is 17.7 Å². The van der Waals surface area contributed by atoms with Crippen LogP contribution in [0.15, 0.2) is 58.8 Å². The quantitative estimate of drug-likeness (QED) is 0.116. The molecule has 0 heterocycles. The Labute approximate surface area is 231 Å². The summed E-state index contributed by atoms with van der Waals surface area (Å²) < 4.78 is 5.86. The second-order valence-electron chi connectivity index (χ2n) is 10.4. The molecule has 0 aromatic heterocycles. The van der Waals surface area contributed by atoms with Crippen molar-refractivity contribution < 1.29 is 14.6 Å². The lowest BCUT2D eigenvalue weighted by atomic mass is 10.0. The lowest BCUT2D eigenvalue weighted by Crippen LogP contribution is -1.97. The Kier molecular flexibility index (Phi) is 17.6. The van der Waals surface area contributed by atoms with Crippen LogP contribution in [0.25, 0.3) is 0 Å². The first-order valence-electron chi connectivity index (χ1n) is 15.1. The second-order valence-corrected chi connectivity index (χ2v) is 10.4. The molecule has 0 radical (unpaired) electrons. The van der Waals surface area contributed by atoms with E-state index in [1.807, 2.05) is 24.3 Å². The van der Waals surface area contributed by atoms with Crippen LogP contribution in [-0.2, 0) is 11.2 Å². The maximum Gasteiger partial charge on any atom is 0.303 e. The smallest absolute Gasteiger partial charge is 0.303 e. The van der Waals surface area contributed by atoms with Gasteiger partial charge in [0, 0.05) is 6.42 Å². The Bertz CT molecular complexity index is 878. The summed E-state index contributed by atoms with van der Waals surface area (Å²) in [4.78, 5) is 10.5. The Morgan fingerprint density at radius 2 is 1.11 bits per heavy atom. The molecular formula is C33H50N2O3. The minimum atomic E-state index is -0.686. The lowest BCUT2D eigenvalue weighted by molar-refractivity contribution is -0.137. The molecule has 0 saturated carbocycles. The Morgan fingerprint density at radius 1 is 0.632 bits per heavy atom. The maximum atomic E-state index is 10.5. The van der Waals surface area contributed by atoms with Gasteiger partial charge in [-0.2, -0.15) is 10.2 Å². The van der Waals surface area contributed by atoms with Crippen LogP contribution in [0.2, 0.25) is 0 Å². The molecule has 0 aliphatic carbocycles. The molecule has 0 atom stereocenters. The van der Waals surface area contributed by atoms with E-state index >= 15 is 0 Å². The number of aliphatic carboxylic acids is 1. The van der Waals surface area contributed by atoms with E-state index in [1.54, 1.807) is 0 Å². The highest BCUT2D eigenvalue weighted by Gasteiger charge is 1.99. The van der Waals surface area contributed by atoms with E-state index in [0.717, 1.165) is 55.8 Å². The zero-order valence-corrected chi connectivity index (χ0v) is 23.7. The molecule has 0 bridgehead atoms. The molecule has 1 N–H and O–H groups in total. The summed E-state index contributed by atoms with van der Waals surface area (Å²) in [6.45, 7) is 3.00. The number of rotatable bonds is 23. The SMILES string of the molecule is CCCCCCCCCCc1ccc(N=Nc2ccc(OCCCCCCCCCCC(=O)O)cc2)cc1. The van der Waals surface area contributed by atoms with Crippen molar-refractivity contribution in [2.45, 2.75) is 122 Å². The molecule has 5 heteroatoms. The van der Waals surface area contributed by atoms with Crippen molar-refractivity contribution in [3.63, 3.8) is 0 Å². The minimum Gasteiger partial charge on any atom is -0.494 e. The topological polar surface area (TPSA) is 71.2 Å².